The first-order valence-electron chi connectivity index (χ1n) is 4.39. The van der Waals surface area contributed by atoms with Gasteiger partial charge in [0, 0.05) is 5.54 Å². The van der Waals surface area contributed by atoms with Gasteiger partial charge in [-0.1, -0.05) is 6.92 Å². The molecular weight excluding hydrogens is 122 g/mol. The molecule has 0 aliphatic heterocycles. The van der Waals surface area contributed by atoms with E-state index in [1.807, 2.05) is 0 Å². The molecule has 1 saturated carbocycles. The zero-order valence-corrected chi connectivity index (χ0v) is 7.41. The van der Waals surface area contributed by atoms with E-state index in [1.165, 1.54) is 25.8 Å². The highest BCUT2D eigenvalue weighted by Crippen LogP contribution is 2.28. The SMILES string of the molecule is CCC(C)(C)NCC1CC1. The van der Waals surface area contributed by atoms with E-state index in [1.54, 1.807) is 0 Å². The van der Waals surface area contributed by atoms with E-state index in [4.69, 9.17) is 0 Å². The lowest BCUT2D eigenvalue weighted by molar-refractivity contribution is 0.370. The van der Waals surface area contributed by atoms with Crippen molar-refractivity contribution < 1.29 is 0 Å². The Bertz CT molecular complexity index is 103. The van der Waals surface area contributed by atoms with Crippen LogP contribution in [0.1, 0.15) is 40.0 Å². The standard InChI is InChI=1S/C9H19N/c1-4-9(2,3)10-7-8-5-6-8/h8,10H,4-7H2,1-3H3. The van der Waals surface area contributed by atoms with Crippen molar-refractivity contribution in [1.29, 1.82) is 0 Å². The van der Waals surface area contributed by atoms with Crippen LogP contribution in [0.3, 0.4) is 0 Å². The molecule has 0 aromatic carbocycles. The molecule has 0 unspecified atom stereocenters. The fourth-order valence-corrected chi connectivity index (χ4v) is 0.868. The number of nitrogens with one attached hydrogen (secondary N) is 1. The Kier molecular flexibility index (Phi) is 2.35. The predicted octanol–water partition coefficient (Wildman–Crippen LogP) is 2.17. The van der Waals surface area contributed by atoms with Gasteiger partial charge >= 0.3 is 0 Å². The van der Waals surface area contributed by atoms with Crippen LogP contribution in [0.4, 0.5) is 0 Å². The molecule has 1 aliphatic carbocycles. The molecule has 0 aromatic rings. The summed E-state index contributed by atoms with van der Waals surface area (Å²) in [7, 11) is 0. The van der Waals surface area contributed by atoms with Gasteiger partial charge in [0.05, 0.1) is 0 Å². The number of hydrogen-bond acceptors (Lipinski definition) is 1. The second-order valence-corrected chi connectivity index (χ2v) is 4.06. The summed E-state index contributed by atoms with van der Waals surface area (Å²) in [5.41, 5.74) is 0.364. The van der Waals surface area contributed by atoms with Crippen LogP contribution in [0.25, 0.3) is 0 Å². The molecule has 0 spiro atoms. The van der Waals surface area contributed by atoms with Gasteiger partial charge in [0.15, 0.2) is 0 Å². The van der Waals surface area contributed by atoms with Crippen molar-refractivity contribution >= 4 is 0 Å². The normalized spacial score (nSPS) is 19.5. The quantitative estimate of drug-likeness (QED) is 0.632. The van der Waals surface area contributed by atoms with Crippen LogP contribution in [0.15, 0.2) is 0 Å². The van der Waals surface area contributed by atoms with E-state index in [0.717, 1.165) is 5.92 Å². The lowest BCUT2D eigenvalue weighted by Crippen LogP contribution is -2.39. The Balaban J connectivity index is 2.09. The fraction of sp³-hybridized carbons (Fsp3) is 1.00. The van der Waals surface area contributed by atoms with E-state index in [9.17, 15) is 0 Å². The number of hydrogen-bond donors (Lipinski definition) is 1. The maximum atomic E-state index is 3.57. The Morgan fingerprint density at radius 2 is 2.00 bits per heavy atom. The van der Waals surface area contributed by atoms with Crippen LogP contribution in [0, 0.1) is 5.92 Å². The van der Waals surface area contributed by atoms with Gasteiger partial charge in [-0.25, -0.2) is 0 Å². The maximum absolute atomic E-state index is 3.57. The monoisotopic (exact) mass is 141 g/mol. The molecule has 0 saturated heterocycles. The highest BCUT2D eigenvalue weighted by atomic mass is 15.0. The Morgan fingerprint density at radius 1 is 1.40 bits per heavy atom. The summed E-state index contributed by atoms with van der Waals surface area (Å²) < 4.78 is 0. The third-order valence-electron chi connectivity index (χ3n) is 2.45. The summed E-state index contributed by atoms with van der Waals surface area (Å²) in [5, 5.41) is 3.57. The van der Waals surface area contributed by atoms with Gasteiger partial charge < -0.3 is 5.32 Å². The molecule has 1 heteroatoms. The van der Waals surface area contributed by atoms with Crippen molar-refractivity contribution in [2.24, 2.45) is 5.92 Å². The third-order valence-corrected chi connectivity index (χ3v) is 2.45. The first kappa shape index (κ1) is 8.06. The molecule has 1 rings (SSSR count). The lowest BCUT2D eigenvalue weighted by atomic mass is 10.0. The number of rotatable bonds is 4. The Hall–Kier alpha value is -0.0400. The third kappa shape index (κ3) is 2.70. The van der Waals surface area contributed by atoms with Gasteiger partial charge in [-0.05, 0) is 45.6 Å². The molecule has 1 aliphatic rings. The van der Waals surface area contributed by atoms with Crippen molar-refractivity contribution in [2.45, 2.75) is 45.6 Å². The minimum Gasteiger partial charge on any atom is -0.312 e. The molecule has 60 valence electrons. The topological polar surface area (TPSA) is 12.0 Å². The Labute approximate surface area is 64.2 Å². The van der Waals surface area contributed by atoms with Crippen LogP contribution in [0.2, 0.25) is 0 Å². The average Bonchev–Trinajstić information content (AvgIpc) is 2.66. The zero-order valence-electron chi connectivity index (χ0n) is 7.41. The first-order chi connectivity index (χ1) is 4.64. The van der Waals surface area contributed by atoms with Crippen LogP contribution in [-0.4, -0.2) is 12.1 Å². The summed E-state index contributed by atoms with van der Waals surface area (Å²) in [6, 6.07) is 0. The zero-order chi connectivity index (χ0) is 7.61. The summed E-state index contributed by atoms with van der Waals surface area (Å²) in [5.74, 6) is 1.01. The van der Waals surface area contributed by atoms with E-state index in [2.05, 4.69) is 26.1 Å². The summed E-state index contributed by atoms with van der Waals surface area (Å²) in [4.78, 5) is 0. The maximum Gasteiger partial charge on any atom is 0.0122 e. The minimum absolute atomic E-state index is 0.364. The van der Waals surface area contributed by atoms with E-state index >= 15 is 0 Å². The van der Waals surface area contributed by atoms with E-state index in [0.29, 0.717) is 5.54 Å². The van der Waals surface area contributed by atoms with Gasteiger partial charge in [-0.2, -0.15) is 0 Å². The van der Waals surface area contributed by atoms with Crippen molar-refractivity contribution in [2.75, 3.05) is 6.54 Å². The highest BCUT2D eigenvalue weighted by Gasteiger charge is 2.23. The fourth-order valence-electron chi connectivity index (χ4n) is 0.868. The molecule has 10 heavy (non-hydrogen) atoms. The molecule has 0 atom stereocenters. The first-order valence-corrected chi connectivity index (χ1v) is 4.39. The van der Waals surface area contributed by atoms with Gasteiger partial charge in [0.2, 0.25) is 0 Å². The smallest absolute Gasteiger partial charge is 0.0122 e. The van der Waals surface area contributed by atoms with Gasteiger partial charge in [-0.15, -0.1) is 0 Å². The van der Waals surface area contributed by atoms with Crippen molar-refractivity contribution in [3.05, 3.63) is 0 Å². The van der Waals surface area contributed by atoms with Crippen LogP contribution in [-0.2, 0) is 0 Å². The van der Waals surface area contributed by atoms with E-state index < -0.39 is 0 Å². The molecule has 1 N–H and O–H groups in total. The molecule has 0 radical (unpaired) electrons. The molecule has 0 heterocycles. The van der Waals surface area contributed by atoms with Crippen LogP contribution < -0.4 is 5.32 Å². The molecule has 1 nitrogen and oxygen atoms in total. The largest absolute Gasteiger partial charge is 0.312 e. The summed E-state index contributed by atoms with van der Waals surface area (Å²) >= 11 is 0. The van der Waals surface area contributed by atoms with Gasteiger partial charge in [-0.3, -0.25) is 0 Å². The molecule has 1 fully saturated rings. The van der Waals surface area contributed by atoms with Crippen LogP contribution in [0.5, 0.6) is 0 Å². The molecular formula is C9H19N. The molecule has 0 aromatic heterocycles. The van der Waals surface area contributed by atoms with Crippen molar-refractivity contribution in [1.82, 2.24) is 5.32 Å². The van der Waals surface area contributed by atoms with E-state index in [-0.39, 0.29) is 0 Å². The van der Waals surface area contributed by atoms with Crippen molar-refractivity contribution in [3.63, 3.8) is 0 Å². The van der Waals surface area contributed by atoms with Crippen molar-refractivity contribution in [3.8, 4) is 0 Å². The average molecular weight is 141 g/mol. The highest BCUT2D eigenvalue weighted by molar-refractivity contribution is 4.81. The van der Waals surface area contributed by atoms with Gasteiger partial charge in [0.25, 0.3) is 0 Å². The second-order valence-electron chi connectivity index (χ2n) is 4.06. The Morgan fingerprint density at radius 3 is 2.40 bits per heavy atom. The van der Waals surface area contributed by atoms with Gasteiger partial charge in [0.1, 0.15) is 0 Å². The molecule has 0 amide bonds. The second kappa shape index (κ2) is 2.91. The summed E-state index contributed by atoms with van der Waals surface area (Å²) in [6.45, 7) is 8.02. The lowest BCUT2D eigenvalue weighted by Gasteiger charge is -2.24. The van der Waals surface area contributed by atoms with Crippen LogP contribution >= 0.6 is 0 Å². The molecule has 0 bridgehead atoms. The summed E-state index contributed by atoms with van der Waals surface area (Å²) in [6.07, 6.45) is 4.12. The predicted molar refractivity (Wildman–Crippen MR) is 45.1 cm³/mol. The minimum atomic E-state index is 0.364.